The van der Waals surface area contributed by atoms with Gasteiger partial charge >= 0.3 is 0 Å². The maximum Gasteiger partial charge on any atom is 0.227 e. The molecule has 0 bridgehead atoms. The van der Waals surface area contributed by atoms with Gasteiger partial charge in [0.2, 0.25) is 5.91 Å². The van der Waals surface area contributed by atoms with E-state index in [0.29, 0.717) is 13.0 Å². The molecule has 1 aliphatic carbocycles. The molecule has 0 N–H and O–H groups in total. The van der Waals surface area contributed by atoms with Gasteiger partial charge in [0.05, 0.1) is 18.2 Å². The molecule has 1 aromatic carbocycles. The van der Waals surface area contributed by atoms with E-state index in [1.54, 1.807) is 11.0 Å². The number of hydrogen-bond donors (Lipinski definition) is 0. The Balaban J connectivity index is 1.60. The van der Waals surface area contributed by atoms with Crippen LogP contribution < -0.4 is 0 Å². The molecule has 1 amide bonds. The number of ether oxygens (including phenoxy) is 1. The van der Waals surface area contributed by atoms with Gasteiger partial charge in [0, 0.05) is 25.1 Å². The molecular formula is C18H25N5O2. The zero-order valence-corrected chi connectivity index (χ0v) is 15.2. The van der Waals surface area contributed by atoms with Crippen molar-refractivity contribution in [1.29, 1.82) is 0 Å². The molecule has 0 unspecified atom stereocenters. The van der Waals surface area contributed by atoms with Gasteiger partial charge in [-0.2, -0.15) is 0 Å². The van der Waals surface area contributed by atoms with Crippen LogP contribution in [0.15, 0.2) is 30.6 Å². The van der Waals surface area contributed by atoms with Crippen molar-refractivity contribution >= 4 is 5.91 Å². The lowest BCUT2D eigenvalue weighted by Crippen LogP contribution is -2.62. The van der Waals surface area contributed by atoms with E-state index in [1.165, 1.54) is 0 Å². The minimum Gasteiger partial charge on any atom is -0.378 e. The number of rotatable bonds is 6. The number of carbonyl (C=O) groups excluding carboxylic acids is 1. The SMILES string of the molecule is CCO[C@@H]1C[C@H](N(C)C(=O)Cc2ccc(-n3cnnn3)cc2)C1(C)C. The van der Waals surface area contributed by atoms with Crippen LogP contribution >= 0.6 is 0 Å². The predicted molar refractivity (Wildman–Crippen MR) is 93.2 cm³/mol. The molecule has 25 heavy (non-hydrogen) atoms. The molecule has 1 fully saturated rings. The van der Waals surface area contributed by atoms with Crippen molar-refractivity contribution in [2.45, 2.75) is 45.8 Å². The zero-order chi connectivity index (χ0) is 18.0. The van der Waals surface area contributed by atoms with Gasteiger partial charge < -0.3 is 9.64 Å². The third-order valence-electron chi connectivity index (χ3n) is 5.26. The monoisotopic (exact) mass is 343 g/mol. The average molecular weight is 343 g/mol. The molecule has 3 rings (SSSR count). The van der Waals surface area contributed by atoms with E-state index in [0.717, 1.165) is 17.7 Å². The molecule has 0 spiro atoms. The highest BCUT2D eigenvalue weighted by atomic mass is 16.5. The minimum absolute atomic E-state index is 0.00955. The van der Waals surface area contributed by atoms with Crippen LogP contribution in [0.5, 0.6) is 0 Å². The normalized spacial score (nSPS) is 21.6. The van der Waals surface area contributed by atoms with E-state index < -0.39 is 0 Å². The van der Waals surface area contributed by atoms with Crippen LogP contribution in [0.2, 0.25) is 0 Å². The summed E-state index contributed by atoms with van der Waals surface area (Å²) in [5.41, 5.74) is 1.84. The number of amides is 1. The predicted octanol–water partition coefficient (Wildman–Crippen LogP) is 1.87. The minimum atomic E-state index is -0.00955. The first kappa shape index (κ1) is 17.5. The molecule has 2 atom stereocenters. The molecule has 2 aromatic rings. The zero-order valence-electron chi connectivity index (χ0n) is 15.2. The quantitative estimate of drug-likeness (QED) is 0.800. The van der Waals surface area contributed by atoms with E-state index in [-0.39, 0.29) is 23.5 Å². The Morgan fingerprint density at radius 2 is 2.08 bits per heavy atom. The second kappa shape index (κ2) is 6.92. The van der Waals surface area contributed by atoms with Crippen molar-refractivity contribution in [3.8, 4) is 5.69 Å². The first-order valence-electron chi connectivity index (χ1n) is 8.63. The van der Waals surface area contributed by atoms with Crippen molar-refractivity contribution in [3.63, 3.8) is 0 Å². The standard InChI is InChI=1S/C18H25N5O2/c1-5-25-16-11-15(18(16,2)3)22(4)17(24)10-13-6-8-14(9-7-13)23-12-19-20-21-23/h6-9,12,15-16H,5,10-11H2,1-4H3/t15-,16+/m0/s1. The fourth-order valence-electron chi connectivity index (χ4n) is 3.52. The van der Waals surface area contributed by atoms with E-state index in [1.807, 2.05) is 43.1 Å². The first-order valence-corrected chi connectivity index (χ1v) is 8.63. The number of carbonyl (C=O) groups is 1. The molecule has 134 valence electrons. The summed E-state index contributed by atoms with van der Waals surface area (Å²) in [6.45, 7) is 7.07. The maximum atomic E-state index is 12.7. The molecule has 1 aromatic heterocycles. The Labute approximate surface area is 148 Å². The Morgan fingerprint density at radius 1 is 1.36 bits per heavy atom. The Bertz CT molecular complexity index is 712. The summed E-state index contributed by atoms with van der Waals surface area (Å²) in [6, 6.07) is 7.93. The lowest BCUT2D eigenvalue weighted by atomic mass is 9.63. The number of benzene rings is 1. The fourth-order valence-corrected chi connectivity index (χ4v) is 3.52. The molecule has 7 heteroatoms. The summed E-state index contributed by atoms with van der Waals surface area (Å²) in [6.07, 6.45) is 3.06. The number of aromatic nitrogens is 4. The topological polar surface area (TPSA) is 73.1 Å². The largest absolute Gasteiger partial charge is 0.378 e. The highest BCUT2D eigenvalue weighted by Crippen LogP contribution is 2.45. The summed E-state index contributed by atoms with van der Waals surface area (Å²) >= 11 is 0. The highest BCUT2D eigenvalue weighted by Gasteiger charge is 2.51. The third kappa shape index (κ3) is 3.42. The van der Waals surface area contributed by atoms with Gasteiger partial charge in [0.1, 0.15) is 6.33 Å². The van der Waals surface area contributed by atoms with Gasteiger partial charge in [-0.15, -0.1) is 5.10 Å². The molecule has 0 radical (unpaired) electrons. The first-order chi connectivity index (χ1) is 11.9. The van der Waals surface area contributed by atoms with Gasteiger partial charge in [0.15, 0.2) is 0 Å². The van der Waals surface area contributed by atoms with E-state index in [9.17, 15) is 4.79 Å². The van der Waals surface area contributed by atoms with E-state index >= 15 is 0 Å². The van der Waals surface area contributed by atoms with Crippen molar-refractivity contribution in [2.75, 3.05) is 13.7 Å². The van der Waals surface area contributed by atoms with Crippen LogP contribution in [-0.2, 0) is 16.0 Å². The summed E-state index contributed by atoms with van der Waals surface area (Å²) in [5, 5.41) is 11.1. The lowest BCUT2D eigenvalue weighted by Gasteiger charge is -2.54. The molecule has 1 heterocycles. The van der Waals surface area contributed by atoms with Crippen LogP contribution in [0.1, 0.15) is 32.8 Å². The second-order valence-electron chi connectivity index (χ2n) is 7.12. The van der Waals surface area contributed by atoms with Crippen LogP contribution in [0.4, 0.5) is 0 Å². The Kier molecular flexibility index (Phi) is 4.85. The fraction of sp³-hybridized carbons (Fsp3) is 0.556. The number of nitrogens with zero attached hydrogens (tertiary/aromatic N) is 5. The van der Waals surface area contributed by atoms with Crippen molar-refractivity contribution in [3.05, 3.63) is 36.2 Å². The van der Waals surface area contributed by atoms with Crippen molar-refractivity contribution < 1.29 is 9.53 Å². The van der Waals surface area contributed by atoms with Gasteiger partial charge in [-0.05, 0) is 41.5 Å². The molecule has 1 aliphatic rings. The summed E-state index contributed by atoms with van der Waals surface area (Å²) in [4.78, 5) is 14.5. The third-order valence-corrected chi connectivity index (χ3v) is 5.26. The number of tetrazole rings is 1. The Morgan fingerprint density at radius 3 is 2.64 bits per heavy atom. The number of hydrogen-bond acceptors (Lipinski definition) is 5. The van der Waals surface area contributed by atoms with Gasteiger partial charge in [-0.3, -0.25) is 4.79 Å². The van der Waals surface area contributed by atoms with Crippen LogP contribution in [0.3, 0.4) is 0 Å². The summed E-state index contributed by atoms with van der Waals surface area (Å²) < 4.78 is 7.35. The van der Waals surface area contributed by atoms with Gasteiger partial charge in [0.25, 0.3) is 0 Å². The van der Waals surface area contributed by atoms with Gasteiger partial charge in [-0.25, -0.2) is 4.68 Å². The van der Waals surface area contributed by atoms with Crippen LogP contribution in [-0.4, -0.2) is 56.8 Å². The average Bonchev–Trinajstić information content (AvgIpc) is 3.13. The summed E-state index contributed by atoms with van der Waals surface area (Å²) in [7, 11) is 1.90. The van der Waals surface area contributed by atoms with Crippen LogP contribution in [0.25, 0.3) is 5.69 Å². The number of likely N-dealkylation sites (N-methyl/N-ethyl adjacent to an activating group) is 1. The van der Waals surface area contributed by atoms with Crippen molar-refractivity contribution in [1.82, 2.24) is 25.1 Å². The molecule has 0 saturated heterocycles. The summed E-state index contributed by atoms with van der Waals surface area (Å²) in [5.74, 6) is 0.128. The molecule has 0 aliphatic heterocycles. The smallest absolute Gasteiger partial charge is 0.227 e. The van der Waals surface area contributed by atoms with E-state index in [2.05, 4.69) is 29.4 Å². The second-order valence-corrected chi connectivity index (χ2v) is 7.12. The lowest BCUT2D eigenvalue weighted by molar-refractivity contribution is -0.162. The van der Waals surface area contributed by atoms with E-state index in [4.69, 9.17) is 4.74 Å². The molecule has 1 saturated carbocycles. The van der Waals surface area contributed by atoms with Crippen LogP contribution in [0, 0.1) is 5.41 Å². The highest BCUT2D eigenvalue weighted by molar-refractivity contribution is 5.79. The Hall–Kier alpha value is -2.28. The molecular weight excluding hydrogens is 318 g/mol. The van der Waals surface area contributed by atoms with Gasteiger partial charge in [-0.1, -0.05) is 26.0 Å². The molecule has 7 nitrogen and oxygen atoms in total. The maximum absolute atomic E-state index is 12.7. The van der Waals surface area contributed by atoms with Crippen molar-refractivity contribution in [2.24, 2.45) is 5.41 Å².